The summed E-state index contributed by atoms with van der Waals surface area (Å²) in [6.45, 7) is 4.66. The van der Waals surface area contributed by atoms with Crippen LogP contribution in [0.1, 0.15) is 27.0 Å². The molecule has 0 aliphatic rings. The second-order valence-corrected chi connectivity index (χ2v) is 6.71. The number of anilines is 1. The van der Waals surface area contributed by atoms with Gasteiger partial charge in [-0.15, -0.1) is 5.10 Å². The van der Waals surface area contributed by atoms with E-state index in [-0.39, 0.29) is 5.91 Å². The van der Waals surface area contributed by atoms with Crippen molar-refractivity contribution in [2.45, 2.75) is 20.4 Å². The number of aryl methyl sites for hydroxylation is 2. The molecule has 0 saturated carbocycles. The summed E-state index contributed by atoms with van der Waals surface area (Å²) >= 11 is 0. The average Bonchev–Trinajstić information content (AvgIpc) is 3.07. The highest BCUT2D eigenvalue weighted by Crippen LogP contribution is 2.19. The number of aromatic nitrogens is 3. The van der Waals surface area contributed by atoms with Crippen LogP contribution in [-0.2, 0) is 6.54 Å². The van der Waals surface area contributed by atoms with Gasteiger partial charge in [0.1, 0.15) is 5.52 Å². The number of rotatable bonds is 4. The molecule has 0 saturated heterocycles. The van der Waals surface area contributed by atoms with E-state index >= 15 is 0 Å². The Labute approximate surface area is 157 Å². The topological polar surface area (TPSA) is 59.8 Å². The van der Waals surface area contributed by atoms with Gasteiger partial charge in [-0.25, -0.2) is 4.68 Å². The molecule has 27 heavy (non-hydrogen) atoms. The number of hydrogen-bond acceptors (Lipinski definition) is 3. The van der Waals surface area contributed by atoms with Gasteiger partial charge in [-0.05, 0) is 49.2 Å². The van der Waals surface area contributed by atoms with Crippen molar-refractivity contribution in [2.24, 2.45) is 0 Å². The predicted molar refractivity (Wildman–Crippen MR) is 107 cm³/mol. The molecule has 1 amide bonds. The van der Waals surface area contributed by atoms with E-state index in [2.05, 4.69) is 27.8 Å². The summed E-state index contributed by atoms with van der Waals surface area (Å²) in [6.07, 6.45) is 0. The van der Waals surface area contributed by atoms with Gasteiger partial charge >= 0.3 is 0 Å². The van der Waals surface area contributed by atoms with Crippen LogP contribution in [-0.4, -0.2) is 20.9 Å². The maximum Gasteiger partial charge on any atom is 0.255 e. The molecule has 134 valence electrons. The summed E-state index contributed by atoms with van der Waals surface area (Å²) < 4.78 is 1.84. The second-order valence-electron chi connectivity index (χ2n) is 6.71. The van der Waals surface area contributed by atoms with E-state index < -0.39 is 0 Å². The van der Waals surface area contributed by atoms with Crippen LogP contribution in [0.2, 0.25) is 0 Å². The summed E-state index contributed by atoms with van der Waals surface area (Å²) in [4.78, 5) is 12.6. The third-order valence-corrected chi connectivity index (χ3v) is 4.58. The van der Waals surface area contributed by atoms with E-state index in [4.69, 9.17) is 0 Å². The van der Waals surface area contributed by atoms with Gasteiger partial charge in [0.25, 0.3) is 5.91 Å². The van der Waals surface area contributed by atoms with E-state index in [1.165, 1.54) is 5.56 Å². The van der Waals surface area contributed by atoms with E-state index in [0.29, 0.717) is 17.6 Å². The Bertz CT molecular complexity index is 1120. The molecule has 0 aliphatic heterocycles. The lowest BCUT2D eigenvalue weighted by atomic mass is 10.1. The van der Waals surface area contributed by atoms with E-state index in [1.54, 1.807) is 6.07 Å². The number of nitrogens with one attached hydrogen (secondary N) is 1. The summed E-state index contributed by atoms with van der Waals surface area (Å²) in [5.41, 5.74) is 6.36. The van der Waals surface area contributed by atoms with Gasteiger partial charge in [0.05, 0.1) is 12.1 Å². The molecule has 5 heteroatoms. The highest BCUT2D eigenvalue weighted by Gasteiger charge is 2.12. The Balaban J connectivity index is 1.57. The number of hydrogen-bond donors (Lipinski definition) is 1. The molecule has 1 aromatic heterocycles. The van der Waals surface area contributed by atoms with E-state index in [0.717, 1.165) is 22.3 Å². The van der Waals surface area contributed by atoms with Crippen molar-refractivity contribution in [1.29, 1.82) is 0 Å². The van der Waals surface area contributed by atoms with Gasteiger partial charge in [0.2, 0.25) is 0 Å². The number of fused-ring (bicyclic) bond motifs is 1. The molecule has 0 aliphatic carbocycles. The maximum absolute atomic E-state index is 12.6. The minimum atomic E-state index is -0.151. The zero-order chi connectivity index (χ0) is 18.8. The van der Waals surface area contributed by atoms with Crippen molar-refractivity contribution >= 4 is 22.6 Å². The predicted octanol–water partition coefficient (Wildman–Crippen LogP) is 4.35. The Hall–Kier alpha value is -3.47. The molecule has 0 radical (unpaired) electrons. The van der Waals surface area contributed by atoms with Crippen molar-refractivity contribution in [1.82, 2.24) is 15.0 Å². The van der Waals surface area contributed by atoms with Crippen molar-refractivity contribution in [3.8, 4) is 0 Å². The Morgan fingerprint density at radius 1 is 1.00 bits per heavy atom. The molecular formula is C22H20N4O. The lowest BCUT2D eigenvalue weighted by molar-refractivity contribution is 0.102. The van der Waals surface area contributed by atoms with Crippen LogP contribution in [0.4, 0.5) is 5.69 Å². The monoisotopic (exact) mass is 356 g/mol. The molecule has 0 fully saturated rings. The van der Waals surface area contributed by atoms with Gasteiger partial charge in [0, 0.05) is 11.3 Å². The fraction of sp³-hybridized carbons (Fsp3) is 0.136. The van der Waals surface area contributed by atoms with Gasteiger partial charge in [0.15, 0.2) is 0 Å². The van der Waals surface area contributed by atoms with Crippen LogP contribution in [0.3, 0.4) is 0 Å². The summed E-state index contributed by atoms with van der Waals surface area (Å²) in [7, 11) is 0. The smallest absolute Gasteiger partial charge is 0.255 e. The van der Waals surface area contributed by atoms with Crippen molar-refractivity contribution in [3.05, 3.63) is 89.0 Å². The number of nitrogens with zero attached hydrogens (tertiary/aromatic N) is 3. The van der Waals surface area contributed by atoms with Crippen LogP contribution >= 0.6 is 0 Å². The van der Waals surface area contributed by atoms with E-state index in [9.17, 15) is 4.79 Å². The van der Waals surface area contributed by atoms with Crippen LogP contribution in [0, 0.1) is 13.8 Å². The fourth-order valence-electron chi connectivity index (χ4n) is 3.13. The average molecular weight is 356 g/mol. The highest BCUT2D eigenvalue weighted by molar-refractivity contribution is 6.06. The van der Waals surface area contributed by atoms with Gasteiger partial charge < -0.3 is 5.32 Å². The number of carbonyl (C=O) groups is 1. The number of benzene rings is 3. The molecule has 4 aromatic rings. The molecule has 5 nitrogen and oxygen atoms in total. The van der Waals surface area contributed by atoms with Crippen molar-refractivity contribution in [3.63, 3.8) is 0 Å². The van der Waals surface area contributed by atoms with Crippen LogP contribution in [0.15, 0.2) is 66.7 Å². The van der Waals surface area contributed by atoms with Crippen LogP contribution < -0.4 is 5.32 Å². The lowest BCUT2D eigenvalue weighted by Gasteiger charge is -2.09. The first kappa shape index (κ1) is 17.0. The van der Waals surface area contributed by atoms with Crippen LogP contribution in [0.25, 0.3) is 11.0 Å². The third-order valence-electron chi connectivity index (χ3n) is 4.58. The maximum atomic E-state index is 12.6. The fourth-order valence-corrected chi connectivity index (χ4v) is 3.13. The molecule has 1 N–H and O–H groups in total. The largest absolute Gasteiger partial charge is 0.322 e. The Morgan fingerprint density at radius 2 is 1.81 bits per heavy atom. The molecule has 3 aromatic carbocycles. The summed E-state index contributed by atoms with van der Waals surface area (Å²) in [6, 6.07) is 21.6. The van der Waals surface area contributed by atoms with Gasteiger partial charge in [-0.2, -0.15) is 0 Å². The first-order valence-corrected chi connectivity index (χ1v) is 8.86. The second kappa shape index (κ2) is 7.03. The first-order valence-electron chi connectivity index (χ1n) is 8.86. The molecule has 0 bridgehead atoms. The van der Waals surface area contributed by atoms with Gasteiger partial charge in [-0.3, -0.25) is 4.79 Å². The van der Waals surface area contributed by atoms with Crippen LogP contribution in [0.5, 0.6) is 0 Å². The molecule has 0 atom stereocenters. The molecule has 0 spiro atoms. The zero-order valence-electron chi connectivity index (χ0n) is 15.3. The molecule has 4 rings (SSSR count). The molecule has 0 unspecified atom stereocenters. The quantitative estimate of drug-likeness (QED) is 0.591. The highest BCUT2D eigenvalue weighted by atomic mass is 16.1. The summed E-state index contributed by atoms with van der Waals surface area (Å²) in [5.74, 6) is -0.151. The van der Waals surface area contributed by atoms with Crippen molar-refractivity contribution in [2.75, 3.05) is 5.32 Å². The number of amides is 1. The standard InChI is InChI=1S/C22H20N4O/c1-15-8-10-19(16(2)12-15)23-22(27)18-9-11-21-20(13-18)24-25-26(21)14-17-6-4-3-5-7-17/h3-13H,14H2,1-2H3,(H,23,27). The third kappa shape index (κ3) is 3.58. The van der Waals surface area contributed by atoms with Gasteiger partial charge in [-0.1, -0.05) is 53.2 Å². The molecular weight excluding hydrogens is 336 g/mol. The normalized spacial score (nSPS) is 10.9. The van der Waals surface area contributed by atoms with Crippen molar-refractivity contribution < 1.29 is 4.79 Å². The lowest BCUT2D eigenvalue weighted by Crippen LogP contribution is -2.12. The molecule has 1 heterocycles. The minimum absolute atomic E-state index is 0.151. The first-order chi connectivity index (χ1) is 13.1. The SMILES string of the molecule is Cc1ccc(NC(=O)c2ccc3c(c2)nnn3Cc2ccccc2)c(C)c1. The Kier molecular flexibility index (Phi) is 4.42. The minimum Gasteiger partial charge on any atom is -0.322 e. The number of carbonyl (C=O) groups excluding carboxylic acids is 1. The van der Waals surface area contributed by atoms with E-state index in [1.807, 2.05) is 67.1 Å². The Morgan fingerprint density at radius 3 is 2.59 bits per heavy atom. The zero-order valence-corrected chi connectivity index (χ0v) is 15.3. The summed E-state index contributed by atoms with van der Waals surface area (Å²) in [5, 5.41) is 11.4.